The molecule has 34 heavy (non-hydrogen) atoms. The first-order valence-corrected chi connectivity index (χ1v) is 11.8. The van der Waals surface area contributed by atoms with Crippen molar-refractivity contribution in [2.24, 2.45) is 5.41 Å². The Hall–Kier alpha value is -3.40. The molecule has 0 radical (unpaired) electrons. The van der Waals surface area contributed by atoms with Crippen molar-refractivity contribution in [3.63, 3.8) is 0 Å². The van der Waals surface area contributed by atoms with Gasteiger partial charge in [0.1, 0.15) is 19.3 Å². The van der Waals surface area contributed by atoms with Gasteiger partial charge in [0.2, 0.25) is 0 Å². The number of likely N-dealkylation sites (tertiary alicyclic amines) is 1. The lowest BCUT2D eigenvalue weighted by Gasteiger charge is -2.47. The van der Waals surface area contributed by atoms with Gasteiger partial charge in [-0.25, -0.2) is 0 Å². The maximum Gasteiger partial charge on any atom is 0.161 e. The molecule has 2 aromatic carbocycles. The summed E-state index contributed by atoms with van der Waals surface area (Å²) < 4.78 is 17.0. The Balaban J connectivity index is 1.27. The number of rotatable bonds is 4. The molecular formula is C28H27N3O3. The lowest BCUT2D eigenvalue weighted by molar-refractivity contribution is -0.0125. The van der Waals surface area contributed by atoms with Gasteiger partial charge in [-0.05, 0) is 48.2 Å². The average molecular weight is 454 g/mol. The molecule has 6 heteroatoms. The van der Waals surface area contributed by atoms with E-state index in [0.29, 0.717) is 29.9 Å². The molecule has 0 unspecified atom stereocenters. The standard InChI is InChI=1S/C28H27N3O3/c1-19-11-25(30-14-21(19)15-31-16-28(17-31)7-8-32-18-28)23-4-2-3-22(24(23)13-29)20-5-6-26-27(12-20)34-10-9-33-26/h2-6,11-12,14H,7-10,15-18H2,1H3. The second kappa shape index (κ2) is 8.43. The van der Waals surface area contributed by atoms with Crippen molar-refractivity contribution < 1.29 is 14.2 Å². The van der Waals surface area contributed by atoms with Crippen LogP contribution in [0.15, 0.2) is 48.7 Å². The van der Waals surface area contributed by atoms with E-state index in [1.807, 2.05) is 42.6 Å². The molecule has 0 aliphatic carbocycles. The van der Waals surface area contributed by atoms with Crippen LogP contribution in [-0.2, 0) is 11.3 Å². The Morgan fingerprint density at radius 3 is 2.62 bits per heavy atom. The molecule has 1 aromatic heterocycles. The Labute approximate surface area is 199 Å². The fourth-order valence-electron chi connectivity index (χ4n) is 5.39. The van der Waals surface area contributed by atoms with E-state index in [2.05, 4.69) is 24.0 Å². The third-order valence-corrected chi connectivity index (χ3v) is 7.22. The molecule has 4 heterocycles. The summed E-state index contributed by atoms with van der Waals surface area (Å²) in [4.78, 5) is 7.25. The normalized spacial score (nSPS) is 18.5. The highest BCUT2D eigenvalue weighted by Gasteiger charge is 2.45. The second-order valence-electron chi connectivity index (χ2n) is 9.64. The van der Waals surface area contributed by atoms with Crippen molar-refractivity contribution in [1.29, 1.82) is 5.26 Å². The van der Waals surface area contributed by atoms with Crippen LogP contribution in [-0.4, -0.2) is 49.4 Å². The topological polar surface area (TPSA) is 67.6 Å². The molecule has 3 aliphatic rings. The van der Waals surface area contributed by atoms with Gasteiger partial charge in [0.15, 0.2) is 11.5 Å². The number of aromatic nitrogens is 1. The van der Waals surface area contributed by atoms with E-state index in [1.54, 1.807) is 0 Å². The first-order valence-electron chi connectivity index (χ1n) is 11.8. The highest BCUT2D eigenvalue weighted by molar-refractivity contribution is 5.81. The van der Waals surface area contributed by atoms with Crippen LogP contribution in [0.1, 0.15) is 23.1 Å². The number of ether oxygens (including phenoxy) is 3. The molecule has 6 nitrogen and oxygen atoms in total. The Morgan fingerprint density at radius 2 is 1.85 bits per heavy atom. The zero-order valence-electron chi connectivity index (χ0n) is 19.3. The van der Waals surface area contributed by atoms with Crippen LogP contribution in [0.25, 0.3) is 22.4 Å². The fraction of sp³-hybridized carbons (Fsp3) is 0.357. The molecule has 0 saturated carbocycles. The van der Waals surface area contributed by atoms with E-state index in [9.17, 15) is 5.26 Å². The highest BCUT2D eigenvalue weighted by Crippen LogP contribution is 2.40. The van der Waals surface area contributed by atoms with Crippen LogP contribution in [0.2, 0.25) is 0 Å². The molecule has 3 aliphatic heterocycles. The number of fused-ring (bicyclic) bond motifs is 1. The molecule has 0 amide bonds. The lowest BCUT2D eigenvalue weighted by Crippen LogP contribution is -2.56. The van der Waals surface area contributed by atoms with Crippen molar-refractivity contribution in [3.05, 3.63) is 65.4 Å². The van der Waals surface area contributed by atoms with Gasteiger partial charge in [-0.15, -0.1) is 0 Å². The van der Waals surface area contributed by atoms with Gasteiger partial charge in [-0.1, -0.05) is 24.3 Å². The van der Waals surface area contributed by atoms with Crippen molar-refractivity contribution in [2.45, 2.75) is 19.9 Å². The Morgan fingerprint density at radius 1 is 1.03 bits per heavy atom. The molecule has 2 saturated heterocycles. The molecule has 0 bridgehead atoms. The summed E-state index contributed by atoms with van der Waals surface area (Å²) in [6.07, 6.45) is 3.15. The van der Waals surface area contributed by atoms with Crippen LogP contribution in [0.3, 0.4) is 0 Å². The van der Waals surface area contributed by atoms with Crippen molar-refractivity contribution in [3.8, 4) is 40.0 Å². The van der Waals surface area contributed by atoms with Crippen molar-refractivity contribution in [2.75, 3.05) is 39.5 Å². The van der Waals surface area contributed by atoms with Crippen LogP contribution in [0.4, 0.5) is 0 Å². The van der Waals surface area contributed by atoms with E-state index in [1.165, 1.54) is 17.5 Å². The van der Waals surface area contributed by atoms with Gasteiger partial charge in [-0.3, -0.25) is 9.88 Å². The third kappa shape index (κ3) is 3.71. The fourth-order valence-corrected chi connectivity index (χ4v) is 5.39. The van der Waals surface area contributed by atoms with Gasteiger partial charge in [0, 0.05) is 49.0 Å². The molecule has 3 aromatic rings. The minimum Gasteiger partial charge on any atom is -0.486 e. The van der Waals surface area contributed by atoms with Gasteiger partial charge in [0.25, 0.3) is 0 Å². The third-order valence-electron chi connectivity index (χ3n) is 7.22. The van der Waals surface area contributed by atoms with Crippen LogP contribution < -0.4 is 9.47 Å². The summed E-state index contributed by atoms with van der Waals surface area (Å²) in [5.41, 5.74) is 6.89. The number of aryl methyl sites for hydroxylation is 1. The maximum atomic E-state index is 10.1. The largest absolute Gasteiger partial charge is 0.486 e. The van der Waals surface area contributed by atoms with Gasteiger partial charge < -0.3 is 14.2 Å². The summed E-state index contributed by atoms with van der Waals surface area (Å²) in [6, 6.07) is 16.3. The van der Waals surface area contributed by atoms with Gasteiger partial charge in [0.05, 0.1) is 17.9 Å². The first kappa shape index (κ1) is 21.2. The predicted molar refractivity (Wildman–Crippen MR) is 129 cm³/mol. The minimum absolute atomic E-state index is 0.386. The number of hydrogen-bond acceptors (Lipinski definition) is 6. The number of nitrogens with zero attached hydrogens (tertiary/aromatic N) is 3. The monoisotopic (exact) mass is 453 g/mol. The zero-order chi connectivity index (χ0) is 23.1. The number of benzene rings is 2. The van der Waals surface area contributed by atoms with E-state index in [-0.39, 0.29) is 0 Å². The second-order valence-corrected chi connectivity index (χ2v) is 9.64. The van der Waals surface area contributed by atoms with Crippen LogP contribution >= 0.6 is 0 Å². The molecule has 172 valence electrons. The Kier molecular flexibility index (Phi) is 5.24. The summed E-state index contributed by atoms with van der Waals surface area (Å²) in [5, 5.41) is 10.1. The summed E-state index contributed by atoms with van der Waals surface area (Å²) in [7, 11) is 0. The first-order chi connectivity index (χ1) is 16.6. The maximum absolute atomic E-state index is 10.1. The van der Waals surface area contributed by atoms with Crippen LogP contribution in [0.5, 0.6) is 11.5 Å². The predicted octanol–water partition coefficient (Wildman–Crippen LogP) is 4.59. The molecular weight excluding hydrogens is 426 g/mol. The molecule has 2 fully saturated rings. The van der Waals surface area contributed by atoms with Crippen LogP contribution in [0, 0.1) is 23.7 Å². The van der Waals surface area contributed by atoms with E-state index < -0.39 is 0 Å². The van der Waals surface area contributed by atoms with E-state index >= 15 is 0 Å². The Bertz CT molecular complexity index is 1280. The van der Waals surface area contributed by atoms with E-state index in [0.717, 1.165) is 61.0 Å². The quantitative estimate of drug-likeness (QED) is 0.576. The van der Waals surface area contributed by atoms with Gasteiger partial charge >= 0.3 is 0 Å². The van der Waals surface area contributed by atoms with Crippen molar-refractivity contribution in [1.82, 2.24) is 9.88 Å². The zero-order valence-corrected chi connectivity index (χ0v) is 19.3. The summed E-state index contributed by atoms with van der Waals surface area (Å²) in [6.45, 7) is 8.12. The number of pyridine rings is 1. The number of nitriles is 1. The van der Waals surface area contributed by atoms with E-state index in [4.69, 9.17) is 19.2 Å². The molecule has 1 spiro atoms. The smallest absolute Gasteiger partial charge is 0.161 e. The average Bonchev–Trinajstić information content (AvgIpc) is 3.34. The molecule has 6 rings (SSSR count). The number of hydrogen-bond donors (Lipinski definition) is 0. The van der Waals surface area contributed by atoms with Gasteiger partial charge in [-0.2, -0.15) is 5.26 Å². The highest BCUT2D eigenvalue weighted by atomic mass is 16.6. The SMILES string of the molecule is Cc1cc(-c2cccc(-c3ccc4c(c3)OCCO4)c2C#N)ncc1CN1CC2(CCOC2)C1. The molecule has 0 N–H and O–H groups in total. The summed E-state index contributed by atoms with van der Waals surface area (Å²) >= 11 is 0. The molecule has 0 atom stereocenters. The lowest BCUT2D eigenvalue weighted by atomic mass is 9.79. The summed E-state index contributed by atoms with van der Waals surface area (Å²) in [5.74, 6) is 1.46. The minimum atomic E-state index is 0.386. The van der Waals surface area contributed by atoms with Crippen molar-refractivity contribution >= 4 is 0 Å².